The fourth-order valence-electron chi connectivity index (χ4n) is 0.827. The Morgan fingerprint density at radius 3 is 2.57 bits per heavy atom. The summed E-state index contributed by atoms with van der Waals surface area (Å²) < 4.78 is 12.3. The average molecular weight is 103 g/mol. The van der Waals surface area contributed by atoms with E-state index in [1.165, 1.54) is 0 Å². The van der Waals surface area contributed by atoms with E-state index in [2.05, 4.69) is 5.32 Å². The highest BCUT2D eigenvalue weighted by molar-refractivity contribution is 4.78. The van der Waals surface area contributed by atoms with Gasteiger partial charge < -0.3 is 5.32 Å². The molecule has 7 heavy (non-hydrogen) atoms. The van der Waals surface area contributed by atoms with Crippen molar-refractivity contribution in [1.82, 2.24) is 5.32 Å². The van der Waals surface area contributed by atoms with Gasteiger partial charge in [0.15, 0.2) is 0 Å². The van der Waals surface area contributed by atoms with Crippen molar-refractivity contribution < 1.29 is 4.39 Å². The largest absolute Gasteiger partial charge is 0.311 e. The topological polar surface area (TPSA) is 12.0 Å². The highest BCUT2D eigenvalue weighted by Gasteiger charge is 2.20. The second-order valence-electron chi connectivity index (χ2n) is 2.05. The Labute approximate surface area is 42.9 Å². The van der Waals surface area contributed by atoms with Gasteiger partial charge in [0, 0.05) is 6.04 Å². The first-order valence-corrected chi connectivity index (χ1v) is 2.68. The van der Waals surface area contributed by atoms with Crippen molar-refractivity contribution in [2.75, 3.05) is 6.54 Å². The first-order valence-electron chi connectivity index (χ1n) is 2.68. The van der Waals surface area contributed by atoms with Crippen LogP contribution in [-0.4, -0.2) is 18.8 Å². The molecule has 0 saturated carbocycles. The molecule has 0 spiro atoms. The number of nitrogens with one attached hydrogen (secondary N) is 1. The van der Waals surface area contributed by atoms with Gasteiger partial charge in [0.2, 0.25) is 0 Å². The van der Waals surface area contributed by atoms with Crippen LogP contribution in [0.15, 0.2) is 0 Å². The normalized spacial score (nSPS) is 42.0. The van der Waals surface area contributed by atoms with Gasteiger partial charge in [-0.05, 0) is 19.9 Å². The number of hydrogen-bond donors (Lipinski definition) is 1. The molecule has 2 heteroatoms. The lowest BCUT2D eigenvalue weighted by atomic mass is 10.2. The van der Waals surface area contributed by atoms with E-state index in [1.54, 1.807) is 0 Å². The van der Waals surface area contributed by atoms with E-state index in [4.69, 9.17) is 0 Å². The summed E-state index contributed by atoms with van der Waals surface area (Å²) in [6, 6.07) is 0.0972. The summed E-state index contributed by atoms with van der Waals surface area (Å²) in [6.45, 7) is 2.72. The minimum absolute atomic E-state index is 0.0972. The summed E-state index contributed by atoms with van der Waals surface area (Å²) in [5.41, 5.74) is 0. The average Bonchev–Trinajstić information content (AvgIpc) is 1.91. The molecule has 1 fully saturated rings. The monoisotopic (exact) mass is 103 g/mol. The Hall–Kier alpha value is -0.110. The molecule has 1 rings (SSSR count). The van der Waals surface area contributed by atoms with Gasteiger partial charge in [0.25, 0.3) is 0 Å². The summed E-state index contributed by atoms with van der Waals surface area (Å²) in [6.07, 6.45) is 0.0984. The van der Waals surface area contributed by atoms with E-state index in [-0.39, 0.29) is 6.04 Å². The Balaban J connectivity index is 2.33. The molecule has 0 amide bonds. The number of rotatable bonds is 0. The van der Waals surface area contributed by atoms with Crippen molar-refractivity contribution in [1.29, 1.82) is 0 Å². The van der Waals surface area contributed by atoms with Gasteiger partial charge >= 0.3 is 0 Å². The molecule has 0 unspecified atom stereocenters. The lowest BCUT2D eigenvalue weighted by molar-refractivity contribution is 0.313. The van der Waals surface area contributed by atoms with Crippen LogP contribution in [0.1, 0.15) is 13.3 Å². The molecule has 1 aliphatic heterocycles. The lowest BCUT2D eigenvalue weighted by Gasteiger charge is -2.01. The minimum Gasteiger partial charge on any atom is -0.311 e. The van der Waals surface area contributed by atoms with Gasteiger partial charge in [-0.1, -0.05) is 0 Å². The smallest absolute Gasteiger partial charge is 0.116 e. The predicted octanol–water partition coefficient (Wildman–Crippen LogP) is 0.706. The van der Waals surface area contributed by atoms with Crippen molar-refractivity contribution in [3.05, 3.63) is 0 Å². The van der Waals surface area contributed by atoms with Crippen LogP contribution in [0.3, 0.4) is 0 Å². The second-order valence-corrected chi connectivity index (χ2v) is 2.05. The van der Waals surface area contributed by atoms with Crippen molar-refractivity contribution in [3.8, 4) is 0 Å². The maximum atomic E-state index is 12.3. The SMILES string of the molecule is C[C@@H]1NCC[C@H]1F. The Morgan fingerprint density at radius 1 is 1.71 bits per heavy atom. The first kappa shape index (κ1) is 5.04. The van der Waals surface area contributed by atoms with Crippen LogP contribution in [-0.2, 0) is 0 Å². The third kappa shape index (κ3) is 0.911. The maximum Gasteiger partial charge on any atom is 0.116 e. The molecule has 0 aromatic rings. The third-order valence-corrected chi connectivity index (χ3v) is 1.43. The maximum absolute atomic E-state index is 12.3. The Morgan fingerprint density at radius 2 is 2.43 bits per heavy atom. The van der Waals surface area contributed by atoms with Crippen LogP contribution in [0, 0.1) is 0 Å². The molecule has 0 radical (unpaired) electrons. The number of hydrogen-bond acceptors (Lipinski definition) is 1. The van der Waals surface area contributed by atoms with Crippen LogP contribution in [0.4, 0.5) is 4.39 Å². The molecule has 0 aliphatic carbocycles. The van der Waals surface area contributed by atoms with Crippen LogP contribution in [0.2, 0.25) is 0 Å². The summed E-state index contributed by atoms with van der Waals surface area (Å²) >= 11 is 0. The molecule has 0 aromatic heterocycles. The molecule has 0 bridgehead atoms. The Kier molecular flexibility index (Phi) is 1.28. The molecular weight excluding hydrogens is 93.1 g/mol. The molecule has 1 saturated heterocycles. The molecule has 1 aliphatic rings. The van der Waals surface area contributed by atoms with Gasteiger partial charge in [-0.3, -0.25) is 0 Å². The van der Waals surface area contributed by atoms with Gasteiger partial charge in [0.1, 0.15) is 6.17 Å². The fraction of sp³-hybridized carbons (Fsp3) is 1.00. The van der Waals surface area contributed by atoms with E-state index in [9.17, 15) is 4.39 Å². The van der Waals surface area contributed by atoms with Gasteiger partial charge in [-0.15, -0.1) is 0 Å². The second kappa shape index (κ2) is 1.78. The van der Waals surface area contributed by atoms with Gasteiger partial charge in [-0.25, -0.2) is 4.39 Å². The lowest BCUT2D eigenvalue weighted by Crippen LogP contribution is -2.23. The molecule has 1 N–H and O–H groups in total. The summed E-state index contributed by atoms with van der Waals surface area (Å²) in [5.74, 6) is 0. The van der Waals surface area contributed by atoms with Crippen LogP contribution >= 0.6 is 0 Å². The summed E-state index contributed by atoms with van der Waals surface area (Å²) in [5, 5.41) is 2.99. The van der Waals surface area contributed by atoms with Crippen LogP contribution in [0.5, 0.6) is 0 Å². The highest BCUT2D eigenvalue weighted by atomic mass is 19.1. The van der Waals surface area contributed by atoms with E-state index in [0.717, 1.165) is 6.54 Å². The third-order valence-electron chi connectivity index (χ3n) is 1.43. The van der Waals surface area contributed by atoms with E-state index in [0.29, 0.717) is 6.42 Å². The molecule has 1 heterocycles. The van der Waals surface area contributed by atoms with Gasteiger partial charge in [-0.2, -0.15) is 0 Å². The quantitative estimate of drug-likeness (QED) is 0.476. The first-order chi connectivity index (χ1) is 3.30. The summed E-state index contributed by atoms with van der Waals surface area (Å²) in [7, 11) is 0. The highest BCUT2D eigenvalue weighted by Crippen LogP contribution is 2.08. The zero-order valence-corrected chi connectivity index (χ0v) is 4.45. The van der Waals surface area contributed by atoms with Crippen molar-refractivity contribution in [2.24, 2.45) is 0 Å². The zero-order valence-electron chi connectivity index (χ0n) is 4.45. The van der Waals surface area contributed by atoms with Crippen molar-refractivity contribution in [2.45, 2.75) is 25.6 Å². The number of alkyl halides is 1. The van der Waals surface area contributed by atoms with E-state index >= 15 is 0 Å². The van der Waals surface area contributed by atoms with Gasteiger partial charge in [0.05, 0.1) is 0 Å². The van der Waals surface area contributed by atoms with Crippen molar-refractivity contribution >= 4 is 0 Å². The predicted molar refractivity (Wildman–Crippen MR) is 27.0 cm³/mol. The molecule has 1 nitrogen and oxygen atoms in total. The molecule has 0 aromatic carbocycles. The molecule has 42 valence electrons. The van der Waals surface area contributed by atoms with E-state index < -0.39 is 6.17 Å². The minimum atomic E-state index is -0.597. The van der Waals surface area contributed by atoms with Crippen LogP contribution < -0.4 is 5.32 Å². The molecular formula is C5H10FN. The zero-order chi connectivity index (χ0) is 5.28. The Bertz CT molecular complexity index is 57.1. The summed E-state index contributed by atoms with van der Waals surface area (Å²) in [4.78, 5) is 0. The molecule has 2 atom stereocenters. The standard InChI is InChI=1S/C5H10FN/c1-4-5(6)2-3-7-4/h4-5,7H,2-3H2,1H3/t4-,5+/m0/s1. The van der Waals surface area contributed by atoms with E-state index in [1.807, 2.05) is 6.92 Å². The van der Waals surface area contributed by atoms with Crippen molar-refractivity contribution in [3.63, 3.8) is 0 Å². The fourth-order valence-corrected chi connectivity index (χ4v) is 0.827. The number of halogens is 1. The van der Waals surface area contributed by atoms with Crippen LogP contribution in [0.25, 0.3) is 0 Å².